The summed E-state index contributed by atoms with van der Waals surface area (Å²) in [7, 11) is 3.01. The summed E-state index contributed by atoms with van der Waals surface area (Å²) in [6.45, 7) is 1.99. The van der Waals surface area contributed by atoms with Gasteiger partial charge in [-0.1, -0.05) is 12.1 Å². The van der Waals surface area contributed by atoms with Crippen molar-refractivity contribution in [3.05, 3.63) is 23.8 Å². The van der Waals surface area contributed by atoms with Crippen LogP contribution in [0.5, 0.6) is 11.5 Å². The van der Waals surface area contributed by atoms with E-state index < -0.39 is 0 Å². The molecule has 0 bridgehead atoms. The fraction of sp³-hybridized carbons (Fsp3) is 0.385. The van der Waals surface area contributed by atoms with Gasteiger partial charge in [0.25, 0.3) is 5.91 Å². The molecule has 4 N–H and O–H groups in total. The van der Waals surface area contributed by atoms with Crippen LogP contribution in [-0.4, -0.2) is 37.7 Å². The molecule has 0 aliphatic carbocycles. The average molecular weight is 281 g/mol. The Balaban J connectivity index is 2.77. The monoisotopic (exact) mass is 281 g/mol. The van der Waals surface area contributed by atoms with Gasteiger partial charge < -0.3 is 25.7 Å². The predicted octanol–water partition coefficient (Wildman–Crippen LogP) is 0.816. The van der Waals surface area contributed by atoms with Crippen LogP contribution in [0.25, 0.3) is 0 Å². The molecule has 0 aromatic heterocycles. The summed E-state index contributed by atoms with van der Waals surface area (Å²) in [6.07, 6.45) is 0. The van der Waals surface area contributed by atoms with E-state index in [1.165, 1.54) is 14.2 Å². The van der Waals surface area contributed by atoms with E-state index in [1.807, 2.05) is 0 Å². The first-order chi connectivity index (χ1) is 9.53. The Labute approximate surface area is 117 Å². The van der Waals surface area contributed by atoms with Crippen molar-refractivity contribution in [3.63, 3.8) is 0 Å². The number of hydrogen-bond acceptors (Lipinski definition) is 5. The minimum atomic E-state index is -0.304. The van der Waals surface area contributed by atoms with Gasteiger partial charge in [0.2, 0.25) is 0 Å². The third kappa shape index (κ3) is 3.78. The second-order valence-corrected chi connectivity index (χ2v) is 4.20. The molecule has 7 heteroatoms. The van der Waals surface area contributed by atoms with Crippen molar-refractivity contribution in [2.75, 3.05) is 20.8 Å². The zero-order valence-corrected chi connectivity index (χ0v) is 11.7. The Morgan fingerprint density at radius 1 is 1.45 bits per heavy atom. The topological polar surface area (TPSA) is 106 Å². The first kappa shape index (κ1) is 15.6. The zero-order valence-electron chi connectivity index (χ0n) is 11.7. The highest BCUT2D eigenvalue weighted by Crippen LogP contribution is 2.24. The molecular weight excluding hydrogens is 262 g/mol. The van der Waals surface area contributed by atoms with Crippen molar-refractivity contribution >= 4 is 11.7 Å². The normalized spacial score (nSPS) is 12.7. The number of nitrogens with two attached hydrogens (primary N) is 1. The Morgan fingerprint density at radius 3 is 2.70 bits per heavy atom. The molecule has 1 atom stereocenters. The summed E-state index contributed by atoms with van der Waals surface area (Å²) in [6, 6.07) is 4.91. The van der Waals surface area contributed by atoms with Crippen LogP contribution < -0.4 is 20.5 Å². The lowest BCUT2D eigenvalue weighted by molar-refractivity contribution is 0.0948. The SMILES string of the molecule is COc1ccc(C(=O)NCC(C)C(N)=NO)c(OC)c1. The molecule has 0 spiro atoms. The lowest BCUT2D eigenvalue weighted by Crippen LogP contribution is -2.34. The molecule has 1 unspecified atom stereocenters. The standard InChI is InChI=1S/C13H19N3O4/c1-8(12(14)16-18)7-15-13(17)10-5-4-9(19-2)6-11(10)20-3/h4-6,8,18H,7H2,1-3H3,(H2,14,16)(H,15,17). The van der Waals surface area contributed by atoms with E-state index in [2.05, 4.69) is 10.5 Å². The molecule has 1 aromatic carbocycles. The largest absolute Gasteiger partial charge is 0.497 e. The van der Waals surface area contributed by atoms with Crippen LogP contribution in [0.4, 0.5) is 0 Å². The molecule has 0 aliphatic rings. The molecular formula is C13H19N3O4. The van der Waals surface area contributed by atoms with Crippen molar-refractivity contribution < 1.29 is 19.5 Å². The molecule has 7 nitrogen and oxygen atoms in total. The Kier molecular flexibility index (Phi) is 5.64. The zero-order chi connectivity index (χ0) is 15.1. The number of amides is 1. The quantitative estimate of drug-likeness (QED) is 0.310. The van der Waals surface area contributed by atoms with Crippen LogP contribution in [0.2, 0.25) is 0 Å². The molecule has 1 rings (SSSR count). The maximum absolute atomic E-state index is 12.1. The number of carbonyl (C=O) groups is 1. The van der Waals surface area contributed by atoms with Crippen LogP contribution in [0, 0.1) is 5.92 Å². The van der Waals surface area contributed by atoms with Crippen LogP contribution in [0.15, 0.2) is 23.4 Å². The van der Waals surface area contributed by atoms with Gasteiger partial charge in [0.15, 0.2) is 0 Å². The smallest absolute Gasteiger partial charge is 0.255 e. The van der Waals surface area contributed by atoms with Gasteiger partial charge in [-0.2, -0.15) is 0 Å². The number of nitrogens with zero attached hydrogens (tertiary/aromatic N) is 1. The van der Waals surface area contributed by atoms with Gasteiger partial charge in [-0.05, 0) is 12.1 Å². The number of oxime groups is 1. The summed E-state index contributed by atoms with van der Waals surface area (Å²) in [5.41, 5.74) is 5.83. The number of amidine groups is 1. The van der Waals surface area contributed by atoms with Crippen molar-refractivity contribution in [3.8, 4) is 11.5 Å². The maximum Gasteiger partial charge on any atom is 0.255 e. The number of benzene rings is 1. The van der Waals surface area contributed by atoms with E-state index in [1.54, 1.807) is 25.1 Å². The van der Waals surface area contributed by atoms with E-state index in [0.717, 1.165) is 0 Å². The number of hydrogen-bond donors (Lipinski definition) is 3. The van der Waals surface area contributed by atoms with E-state index in [4.69, 9.17) is 20.4 Å². The van der Waals surface area contributed by atoms with Gasteiger partial charge in [-0.3, -0.25) is 4.79 Å². The van der Waals surface area contributed by atoms with Gasteiger partial charge in [0.05, 0.1) is 19.8 Å². The number of rotatable bonds is 6. The number of ether oxygens (including phenoxy) is 2. The summed E-state index contributed by atoms with van der Waals surface area (Å²) in [5, 5.41) is 14.1. The van der Waals surface area contributed by atoms with Crippen LogP contribution >= 0.6 is 0 Å². The first-order valence-electron chi connectivity index (χ1n) is 6.01. The summed E-state index contributed by atoms with van der Waals surface area (Å²) in [4.78, 5) is 12.1. The number of methoxy groups -OCH3 is 2. The Bertz CT molecular complexity index is 502. The predicted molar refractivity (Wildman–Crippen MR) is 74.5 cm³/mol. The highest BCUT2D eigenvalue weighted by Gasteiger charge is 2.15. The fourth-order valence-corrected chi connectivity index (χ4v) is 1.53. The highest BCUT2D eigenvalue weighted by atomic mass is 16.5. The van der Waals surface area contributed by atoms with Crippen molar-refractivity contribution in [2.24, 2.45) is 16.8 Å². The Morgan fingerprint density at radius 2 is 2.15 bits per heavy atom. The minimum absolute atomic E-state index is 0.0620. The van der Waals surface area contributed by atoms with E-state index in [-0.39, 0.29) is 24.2 Å². The molecule has 0 radical (unpaired) electrons. The van der Waals surface area contributed by atoms with Gasteiger partial charge in [-0.15, -0.1) is 0 Å². The maximum atomic E-state index is 12.1. The van der Waals surface area contributed by atoms with Crippen molar-refractivity contribution in [2.45, 2.75) is 6.92 Å². The van der Waals surface area contributed by atoms with Crippen LogP contribution in [0.1, 0.15) is 17.3 Å². The molecule has 0 saturated heterocycles. The highest BCUT2D eigenvalue weighted by molar-refractivity contribution is 5.97. The molecule has 0 aliphatic heterocycles. The second-order valence-electron chi connectivity index (χ2n) is 4.20. The molecule has 20 heavy (non-hydrogen) atoms. The van der Waals surface area contributed by atoms with Gasteiger partial charge >= 0.3 is 0 Å². The third-order valence-electron chi connectivity index (χ3n) is 2.84. The molecule has 0 saturated carbocycles. The summed E-state index contributed by atoms with van der Waals surface area (Å²) >= 11 is 0. The summed E-state index contributed by atoms with van der Waals surface area (Å²) in [5.74, 6) is 0.504. The first-order valence-corrected chi connectivity index (χ1v) is 6.01. The second kappa shape index (κ2) is 7.22. The van der Waals surface area contributed by atoms with Gasteiger partial charge in [0, 0.05) is 18.5 Å². The molecule has 0 heterocycles. The van der Waals surface area contributed by atoms with Crippen molar-refractivity contribution in [1.29, 1.82) is 0 Å². The van der Waals surface area contributed by atoms with Gasteiger partial charge in [-0.25, -0.2) is 0 Å². The number of nitrogens with one attached hydrogen (secondary N) is 1. The summed E-state index contributed by atoms with van der Waals surface area (Å²) < 4.78 is 10.2. The lowest BCUT2D eigenvalue weighted by Gasteiger charge is -2.13. The molecule has 1 amide bonds. The number of carbonyl (C=O) groups excluding carboxylic acids is 1. The van der Waals surface area contributed by atoms with Crippen LogP contribution in [0.3, 0.4) is 0 Å². The minimum Gasteiger partial charge on any atom is -0.497 e. The lowest BCUT2D eigenvalue weighted by atomic mass is 10.1. The van der Waals surface area contributed by atoms with Crippen LogP contribution in [-0.2, 0) is 0 Å². The van der Waals surface area contributed by atoms with E-state index in [0.29, 0.717) is 17.1 Å². The van der Waals surface area contributed by atoms with Gasteiger partial charge in [0.1, 0.15) is 17.3 Å². The third-order valence-corrected chi connectivity index (χ3v) is 2.84. The average Bonchev–Trinajstić information content (AvgIpc) is 2.50. The van der Waals surface area contributed by atoms with E-state index in [9.17, 15) is 4.79 Å². The molecule has 0 fully saturated rings. The van der Waals surface area contributed by atoms with Crippen molar-refractivity contribution in [1.82, 2.24) is 5.32 Å². The molecule has 110 valence electrons. The van der Waals surface area contributed by atoms with E-state index >= 15 is 0 Å². The Hall–Kier alpha value is -2.44. The molecule has 1 aromatic rings. The fourth-order valence-electron chi connectivity index (χ4n) is 1.53.